The third-order valence-corrected chi connectivity index (χ3v) is 5.83. The molecule has 6 nitrogen and oxygen atoms in total. The van der Waals surface area contributed by atoms with E-state index in [2.05, 4.69) is 20.6 Å². The molecular weight excluding hydrogens is 366 g/mol. The van der Waals surface area contributed by atoms with E-state index in [-0.39, 0.29) is 5.91 Å². The van der Waals surface area contributed by atoms with Gasteiger partial charge in [0.1, 0.15) is 5.82 Å². The van der Waals surface area contributed by atoms with Crippen LogP contribution in [0.25, 0.3) is 9.40 Å². The van der Waals surface area contributed by atoms with E-state index >= 15 is 0 Å². The highest BCUT2D eigenvalue weighted by Crippen LogP contribution is 2.30. The van der Waals surface area contributed by atoms with Gasteiger partial charge in [-0.3, -0.25) is 9.78 Å². The van der Waals surface area contributed by atoms with Crippen LogP contribution in [-0.2, 0) is 6.54 Å². The first kappa shape index (κ1) is 16.5. The number of pyridine rings is 2. The van der Waals surface area contributed by atoms with Crippen LogP contribution in [0, 0.1) is 0 Å². The number of nitrogens with two attached hydrogens (primary N) is 1. The molecule has 0 saturated heterocycles. The van der Waals surface area contributed by atoms with Gasteiger partial charge in [-0.2, -0.15) is 0 Å². The van der Waals surface area contributed by atoms with E-state index < -0.39 is 0 Å². The normalized spacial score (nSPS) is 10.8. The molecule has 0 saturated carbocycles. The Morgan fingerprint density at radius 3 is 2.88 bits per heavy atom. The lowest BCUT2D eigenvalue weighted by Crippen LogP contribution is -2.11. The first-order chi connectivity index (χ1) is 12.7. The molecule has 4 aromatic heterocycles. The van der Waals surface area contributed by atoms with Crippen molar-refractivity contribution >= 4 is 55.2 Å². The summed E-state index contributed by atoms with van der Waals surface area (Å²) in [6, 6.07) is 11.2. The van der Waals surface area contributed by atoms with E-state index in [4.69, 9.17) is 5.73 Å². The number of carbonyl (C=O) groups excluding carboxylic acids is 1. The summed E-state index contributed by atoms with van der Waals surface area (Å²) in [7, 11) is 0. The Morgan fingerprint density at radius 1 is 1.12 bits per heavy atom. The van der Waals surface area contributed by atoms with Gasteiger partial charge >= 0.3 is 0 Å². The van der Waals surface area contributed by atoms with Crippen LogP contribution in [0.2, 0.25) is 0 Å². The second kappa shape index (κ2) is 7.11. The molecule has 0 aliphatic rings. The van der Waals surface area contributed by atoms with Crippen LogP contribution in [-0.4, -0.2) is 15.9 Å². The van der Waals surface area contributed by atoms with Crippen molar-refractivity contribution in [3.05, 3.63) is 64.7 Å². The van der Waals surface area contributed by atoms with Gasteiger partial charge in [-0.1, -0.05) is 0 Å². The highest BCUT2D eigenvalue weighted by atomic mass is 32.1. The molecule has 0 atom stereocenters. The summed E-state index contributed by atoms with van der Waals surface area (Å²) in [5, 5.41) is 8.15. The molecule has 0 fully saturated rings. The van der Waals surface area contributed by atoms with Crippen LogP contribution in [0.1, 0.15) is 15.4 Å². The summed E-state index contributed by atoms with van der Waals surface area (Å²) < 4.78 is 2.27. The molecule has 0 spiro atoms. The molecule has 4 heterocycles. The van der Waals surface area contributed by atoms with Gasteiger partial charge in [0, 0.05) is 27.5 Å². The SMILES string of the molecule is Nc1ncccc1NCc1cc(NC(=O)c2cc3sccc3s2)ccn1. The van der Waals surface area contributed by atoms with Crippen molar-refractivity contribution in [2.24, 2.45) is 0 Å². The molecule has 4 aromatic rings. The maximum Gasteiger partial charge on any atom is 0.265 e. The fraction of sp³-hybridized carbons (Fsp3) is 0.0556. The van der Waals surface area contributed by atoms with Crippen molar-refractivity contribution in [2.45, 2.75) is 6.54 Å². The second-order valence-corrected chi connectivity index (χ2v) is 7.57. The molecular formula is C18H15N5OS2. The molecule has 4 N–H and O–H groups in total. The predicted octanol–water partition coefficient (Wildman–Crippen LogP) is 4.20. The van der Waals surface area contributed by atoms with Gasteiger partial charge in [0.25, 0.3) is 5.91 Å². The monoisotopic (exact) mass is 381 g/mol. The molecule has 130 valence electrons. The second-order valence-electron chi connectivity index (χ2n) is 5.54. The number of hydrogen-bond acceptors (Lipinski definition) is 7. The molecule has 26 heavy (non-hydrogen) atoms. The van der Waals surface area contributed by atoms with Gasteiger partial charge in [0.05, 0.1) is 22.8 Å². The third-order valence-electron chi connectivity index (χ3n) is 3.74. The van der Waals surface area contributed by atoms with Gasteiger partial charge in [-0.15, -0.1) is 22.7 Å². The average Bonchev–Trinajstić information content (AvgIpc) is 3.23. The first-order valence-electron chi connectivity index (χ1n) is 7.87. The largest absolute Gasteiger partial charge is 0.382 e. The Hall–Kier alpha value is -2.97. The zero-order chi connectivity index (χ0) is 17.9. The Kier molecular flexibility index (Phi) is 4.51. The number of thiophene rings is 2. The quantitative estimate of drug-likeness (QED) is 0.482. The summed E-state index contributed by atoms with van der Waals surface area (Å²) in [6.45, 7) is 0.480. The Bertz CT molecular complexity index is 1040. The van der Waals surface area contributed by atoms with E-state index in [9.17, 15) is 4.79 Å². The minimum absolute atomic E-state index is 0.111. The lowest BCUT2D eigenvalue weighted by molar-refractivity contribution is 0.103. The van der Waals surface area contributed by atoms with Gasteiger partial charge < -0.3 is 16.4 Å². The maximum absolute atomic E-state index is 12.5. The molecule has 1 amide bonds. The number of hydrogen-bond donors (Lipinski definition) is 3. The molecule has 0 unspecified atom stereocenters. The van der Waals surface area contributed by atoms with Crippen LogP contribution in [0.5, 0.6) is 0 Å². The van der Waals surface area contributed by atoms with Crippen LogP contribution in [0.4, 0.5) is 17.2 Å². The number of amides is 1. The Labute approximate surface area is 157 Å². The van der Waals surface area contributed by atoms with Crippen molar-refractivity contribution < 1.29 is 4.79 Å². The minimum atomic E-state index is -0.111. The van der Waals surface area contributed by atoms with E-state index in [0.29, 0.717) is 22.9 Å². The van der Waals surface area contributed by atoms with Crippen LogP contribution in [0.15, 0.2) is 54.2 Å². The lowest BCUT2D eigenvalue weighted by Gasteiger charge is -2.09. The van der Waals surface area contributed by atoms with Crippen molar-refractivity contribution in [1.29, 1.82) is 0 Å². The first-order valence-corrected chi connectivity index (χ1v) is 9.56. The number of nitrogens with zero attached hydrogens (tertiary/aromatic N) is 2. The van der Waals surface area contributed by atoms with E-state index in [1.807, 2.05) is 35.7 Å². The van der Waals surface area contributed by atoms with Crippen LogP contribution < -0.4 is 16.4 Å². The zero-order valence-corrected chi connectivity index (χ0v) is 15.2. The fourth-order valence-corrected chi connectivity index (χ4v) is 4.48. The summed E-state index contributed by atoms with van der Waals surface area (Å²) in [5.74, 6) is 0.328. The molecule has 4 rings (SSSR count). The summed E-state index contributed by atoms with van der Waals surface area (Å²) >= 11 is 3.13. The van der Waals surface area contributed by atoms with Gasteiger partial charge in [-0.05, 0) is 41.8 Å². The van der Waals surface area contributed by atoms with E-state index in [1.165, 1.54) is 11.3 Å². The van der Waals surface area contributed by atoms with Crippen molar-refractivity contribution in [3.8, 4) is 0 Å². The van der Waals surface area contributed by atoms with Crippen LogP contribution in [0.3, 0.4) is 0 Å². The lowest BCUT2D eigenvalue weighted by atomic mass is 10.3. The summed E-state index contributed by atoms with van der Waals surface area (Å²) in [5.41, 5.74) is 8.07. The van der Waals surface area contributed by atoms with Crippen molar-refractivity contribution in [2.75, 3.05) is 16.4 Å². The predicted molar refractivity (Wildman–Crippen MR) is 108 cm³/mol. The minimum Gasteiger partial charge on any atom is -0.382 e. The van der Waals surface area contributed by atoms with E-state index in [0.717, 1.165) is 20.8 Å². The Balaban J connectivity index is 1.44. The third kappa shape index (κ3) is 3.51. The number of carbonyl (C=O) groups is 1. The molecule has 0 bridgehead atoms. The van der Waals surface area contributed by atoms with Gasteiger partial charge in [-0.25, -0.2) is 4.98 Å². The summed E-state index contributed by atoms with van der Waals surface area (Å²) in [6.07, 6.45) is 3.32. The highest BCUT2D eigenvalue weighted by molar-refractivity contribution is 7.27. The van der Waals surface area contributed by atoms with Crippen molar-refractivity contribution in [1.82, 2.24) is 9.97 Å². The average molecular weight is 381 g/mol. The molecule has 0 aliphatic heterocycles. The number of nitrogen functional groups attached to an aromatic ring is 1. The Morgan fingerprint density at radius 2 is 2.04 bits per heavy atom. The maximum atomic E-state index is 12.5. The molecule has 0 aromatic carbocycles. The van der Waals surface area contributed by atoms with E-state index in [1.54, 1.807) is 29.8 Å². The number of fused-ring (bicyclic) bond motifs is 1. The number of nitrogens with one attached hydrogen (secondary N) is 2. The highest BCUT2D eigenvalue weighted by Gasteiger charge is 2.11. The smallest absolute Gasteiger partial charge is 0.265 e. The number of anilines is 3. The van der Waals surface area contributed by atoms with Crippen molar-refractivity contribution in [3.63, 3.8) is 0 Å². The molecule has 0 aliphatic carbocycles. The number of rotatable bonds is 5. The van der Waals surface area contributed by atoms with Gasteiger partial charge in [0.15, 0.2) is 0 Å². The fourth-order valence-electron chi connectivity index (χ4n) is 2.48. The van der Waals surface area contributed by atoms with Crippen LogP contribution >= 0.6 is 22.7 Å². The molecule has 0 radical (unpaired) electrons. The molecule has 8 heteroatoms. The topological polar surface area (TPSA) is 92.9 Å². The zero-order valence-electron chi connectivity index (χ0n) is 13.6. The number of aromatic nitrogens is 2. The standard InChI is InChI=1S/C18H15N5OS2/c19-17-13(2-1-5-21-17)22-10-12-8-11(3-6-20-12)23-18(24)16-9-15-14(26-16)4-7-25-15/h1-9,22H,10H2,(H2,19,21)(H,20,23,24). The summed E-state index contributed by atoms with van der Waals surface area (Å²) in [4.78, 5) is 21.5. The van der Waals surface area contributed by atoms with Gasteiger partial charge in [0.2, 0.25) is 0 Å².